The number of aromatic nitrogens is 5. The van der Waals surface area contributed by atoms with Crippen molar-refractivity contribution < 1.29 is 8.42 Å². The molecule has 0 aliphatic rings. The molecule has 5 rings (SSSR count). The van der Waals surface area contributed by atoms with E-state index in [1.807, 2.05) is 43.2 Å². The van der Waals surface area contributed by atoms with E-state index in [2.05, 4.69) is 73.1 Å². The molecule has 0 bridgehead atoms. The van der Waals surface area contributed by atoms with Crippen LogP contribution in [0.15, 0.2) is 61.4 Å². The minimum atomic E-state index is -3.23. The number of hydrogen-bond donors (Lipinski definition) is 3. The van der Waals surface area contributed by atoms with Crippen molar-refractivity contribution in [1.82, 2.24) is 39.3 Å². The average molecular weight is 565 g/mol. The van der Waals surface area contributed by atoms with Crippen LogP contribution in [0, 0.1) is 0 Å². The van der Waals surface area contributed by atoms with Gasteiger partial charge in [-0.2, -0.15) is 5.10 Å². The van der Waals surface area contributed by atoms with E-state index in [4.69, 9.17) is 0 Å². The van der Waals surface area contributed by atoms with Gasteiger partial charge in [0.15, 0.2) is 0 Å². The minimum absolute atomic E-state index is 0.0116. The SMILES string of the molecule is CN(C)CCc1c[nH]c2ccc(Cn3cncn3)cc12.CNS(=O)(=O)Cc1ccc2[nH]cc(CCN(C)C)c2c1. The van der Waals surface area contributed by atoms with Crippen LogP contribution < -0.4 is 4.72 Å². The van der Waals surface area contributed by atoms with Crippen molar-refractivity contribution in [3.63, 3.8) is 0 Å². The maximum absolute atomic E-state index is 11.6. The Kier molecular flexibility index (Phi) is 9.75. The summed E-state index contributed by atoms with van der Waals surface area (Å²) < 4.78 is 27.4. The molecule has 0 aliphatic carbocycles. The summed E-state index contributed by atoms with van der Waals surface area (Å²) in [5, 5.41) is 6.57. The number of H-pyrrole nitrogens is 2. The standard InChI is InChI=1S/C15H19N5.C14H21N3O2S/c1-19(2)6-5-13-8-17-15-4-3-12(7-14(13)15)9-20-11-16-10-18-20;1-15-20(18,19)10-11-4-5-14-13(8-11)12(9-16-14)6-7-17(2)3/h3-4,7-8,10-11,17H,5-6,9H2,1-2H3;4-5,8-9,15-16H,6-7,10H2,1-3H3. The highest BCUT2D eigenvalue weighted by molar-refractivity contribution is 7.88. The Hall–Kier alpha value is -3.51. The van der Waals surface area contributed by atoms with Gasteiger partial charge in [0.1, 0.15) is 12.7 Å². The van der Waals surface area contributed by atoms with Gasteiger partial charge in [0, 0.05) is 47.3 Å². The molecule has 0 saturated carbocycles. The van der Waals surface area contributed by atoms with Crippen LogP contribution in [0.3, 0.4) is 0 Å². The molecular formula is C29H40N8O2S. The molecule has 5 aromatic rings. The Morgan fingerprint density at radius 1 is 0.850 bits per heavy atom. The van der Waals surface area contributed by atoms with Crippen LogP contribution in [0.4, 0.5) is 0 Å². The minimum Gasteiger partial charge on any atom is -0.361 e. The lowest BCUT2D eigenvalue weighted by Crippen LogP contribution is -2.20. The van der Waals surface area contributed by atoms with E-state index in [0.717, 1.165) is 48.9 Å². The molecular weight excluding hydrogens is 524 g/mol. The van der Waals surface area contributed by atoms with Crippen molar-refractivity contribution in [3.8, 4) is 0 Å². The van der Waals surface area contributed by atoms with Gasteiger partial charge in [0.25, 0.3) is 0 Å². The van der Waals surface area contributed by atoms with Crippen LogP contribution in [0.1, 0.15) is 22.3 Å². The predicted octanol–water partition coefficient (Wildman–Crippen LogP) is 3.23. The summed E-state index contributed by atoms with van der Waals surface area (Å²) in [5.41, 5.74) is 6.88. The zero-order valence-corrected chi connectivity index (χ0v) is 24.8. The van der Waals surface area contributed by atoms with Crippen molar-refractivity contribution in [2.45, 2.75) is 25.1 Å². The lowest BCUT2D eigenvalue weighted by atomic mass is 10.1. The van der Waals surface area contributed by atoms with Crippen molar-refractivity contribution in [2.24, 2.45) is 0 Å². The second kappa shape index (κ2) is 13.2. The summed E-state index contributed by atoms with van der Waals surface area (Å²) in [6.45, 7) is 2.78. The van der Waals surface area contributed by atoms with Gasteiger partial charge in [0.05, 0.1) is 12.3 Å². The molecule has 0 fully saturated rings. The molecule has 0 unspecified atom stereocenters. The summed E-state index contributed by atoms with van der Waals surface area (Å²) in [7, 11) is 6.49. The van der Waals surface area contributed by atoms with Crippen LogP contribution in [-0.2, 0) is 35.2 Å². The van der Waals surface area contributed by atoms with Crippen LogP contribution in [-0.4, -0.2) is 91.3 Å². The first-order chi connectivity index (χ1) is 19.1. The quantitative estimate of drug-likeness (QED) is 0.227. The smallest absolute Gasteiger partial charge is 0.215 e. The topological polar surface area (TPSA) is 115 Å². The van der Waals surface area contributed by atoms with Crippen molar-refractivity contribution in [3.05, 3.63) is 83.7 Å². The fourth-order valence-corrected chi connectivity index (χ4v) is 5.30. The zero-order valence-electron chi connectivity index (χ0n) is 24.0. The van der Waals surface area contributed by atoms with Crippen LogP contribution in [0.25, 0.3) is 21.8 Å². The number of rotatable bonds is 11. The first-order valence-corrected chi connectivity index (χ1v) is 15.0. The van der Waals surface area contributed by atoms with Crippen LogP contribution in [0.2, 0.25) is 0 Å². The van der Waals surface area contributed by atoms with Crippen molar-refractivity contribution in [1.29, 1.82) is 0 Å². The largest absolute Gasteiger partial charge is 0.361 e. The van der Waals surface area contributed by atoms with Crippen LogP contribution >= 0.6 is 0 Å². The van der Waals surface area contributed by atoms with Gasteiger partial charge in [-0.05, 0) is 94.6 Å². The molecule has 40 heavy (non-hydrogen) atoms. The predicted molar refractivity (Wildman–Crippen MR) is 162 cm³/mol. The average Bonchev–Trinajstić information content (AvgIpc) is 3.66. The molecule has 2 aromatic carbocycles. The van der Waals surface area contributed by atoms with Gasteiger partial charge in [0.2, 0.25) is 10.0 Å². The molecule has 0 radical (unpaired) electrons. The number of nitrogens with zero attached hydrogens (tertiary/aromatic N) is 5. The maximum Gasteiger partial charge on any atom is 0.215 e. The second-order valence-electron chi connectivity index (χ2n) is 10.6. The molecule has 3 aromatic heterocycles. The van der Waals surface area contributed by atoms with E-state index >= 15 is 0 Å². The van der Waals surface area contributed by atoms with Gasteiger partial charge in [-0.25, -0.2) is 22.8 Å². The Morgan fingerprint density at radius 2 is 1.40 bits per heavy atom. The van der Waals surface area contributed by atoms with Crippen molar-refractivity contribution in [2.75, 3.05) is 48.3 Å². The third kappa shape index (κ3) is 8.01. The first kappa shape index (κ1) is 29.5. The molecule has 11 heteroatoms. The summed E-state index contributed by atoms with van der Waals surface area (Å²) >= 11 is 0. The van der Waals surface area contributed by atoms with E-state index in [1.54, 1.807) is 12.7 Å². The second-order valence-corrected chi connectivity index (χ2v) is 12.5. The van der Waals surface area contributed by atoms with Gasteiger partial charge < -0.3 is 19.8 Å². The summed E-state index contributed by atoms with van der Waals surface area (Å²) in [6.07, 6.45) is 9.43. The summed E-state index contributed by atoms with van der Waals surface area (Å²) in [6, 6.07) is 12.3. The van der Waals surface area contributed by atoms with Gasteiger partial charge in [-0.1, -0.05) is 12.1 Å². The highest BCUT2D eigenvalue weighted by atomic mass is 32.2. The number of hydrogen-bond acceptors (Lipinski definition) is 6. The molecule has 0 spiro atoms. The molecule has 10 nitrogen and oxygen atoms in total. The van der Waals surface area contributed by atoms with E-state index in [9.17, 15) is 8.42 Å². The lowest BCUT2D eigenvalue weighted by Gasteiger charge is -2.08. The normalized spacial score (nSPS) is 12.0. The third-order valence-electron chi connectivity index (χ3n) is 6.80. The highest BCUT2D eigenvalue weighted by Crippen LogP contribution is 2.22. The fraction of sp³-hybridized carbons (Fsp3) is 0.379. The molecule has 0 aliphatic heterocycles. The molecule has 0 atom stereocenters. The summed E-state index contributed by atoms with van der Waals surface area (Å²) in [5.74, 6) is 0.0116. The molecule has 0 amide bonds. The van der Waals surface area contributed by atoms with E-state index in [1.165, 1.54) is 34.6 Å². The van der Waals surface area contributed by atoms with Gasteiger partial charge >= 0.3 is 0 Å². The number of likely N-dealkylation sites (N-methyl/N-ethyl adjacent to an activating group) is 2. The third-order valence-corrected chi connectivity index (χ3v) is 8.13. The number of sulfonamides is 1. The lowest BCUT2D eigenvalue weighted by molar-refractivity contribution is 0.414. The summed E-state index contributed by atoms with van der Waals surface area (Å²) in [4.78, 5) is 14.9. The van der Waals surface area contributed by atoms with E-state index in [-0.39, 0.29) is 5.75 Å². The Labute approximate surface area is 236 Å². The Bertz CT molecular complexity index is 1620. The van der Waals surface area contributed by atoms with E-state index < -0.39 is 10.0 Å². The monoisotopic (exact) mass is 564 g/mol. The highest BCUT2D eigenvalue weighted by Gasteiger charge is 2.11. The molecule has 0 saturated heterocycles. The fourth-order valence-electron chi connectivity index (χ4n) is 4.53. The Balaban J connectivity index is 0.000000185. The molecule has 3 N–H and O–H groups in total. The van der Waals surface area contributed by atoms with Crippen LogP contribution in [0.5, 0.6) is 0 Å². The number of fused-ring (bicyclic) bond motifs is 2. The van der Waals surface area contributed by atoms with Gasteiger partial charge in [-0.3, -0.25) is 0 Å². The number of benzene rings is 2. The van der Waals surface area contributed by atoms with Crippen molar-refractivity contribution >= 4 is 31.8 Å². The maximum atomic E-state index is 11.6. The number of aromatic amines is 2. The number of nitrogens with one attached hydrogen (secondary N) is 3. The molecule has 214 valence electrons. The Morgan fingerprint density at radius 3 is 1.90 bits per heavy atom. The zero-order chi connectivity index (χ0) is 28.7. The van der Waals surface area contributed by atoms with E-state index in [0.29, 0.717) is 0 Å². The van der Waals surface area contributed by atoms with Gasteiger partial charge in [-0.15, -0.1) is 0 Å². The first-order valence-electron chi connectivity index (χ1n) is 13.3. The molecule has 3 heterocycles.